The zero-order chi connectivity index (χ0) is 24.0. The highest BCUT2D eigenvalue weighted by molar-refractivity contribution is 5.92. The van der Waals surface area contributed by atoms with E-state index in [-0.39, 0.29) is 36.9 Å². The number of nitrogens with one attached hydrogen (secondary N) is 1. The molecule has 180 valence electrons. The number of esters is 1. The fourth-order valence-electron chi connectivity index (χ4n) is 4.31. The molecule has 0 bridgehead atoms. The summed E-state index contributed by atoms with van der Waals surface area (Å²) in [5.41, 5.74) is 0. The van der Waals surface area contributed by atoms with Crippen molar-refractivity contribution in [2.45, 2.75) is 70.6 Å². The average molecular weight is 453 g/mol. The molecule has 2 fully saturated rings. The Bertz CT molecular complexity index is 729. The van der Waals surface area contributed by atoms with E-state index in [1.807, 2.05) is 11.9 Å². The highest BCUT2D eigenvalue weighted by Gasteiger charge is 2.38. The van der Waals surface area contributed by atoms with Crippen LogP contribution >= 0.6 is 0 Å². The van der Waals surface area contributed by atoms with Crippen molar-refractivity contribution in [3.63, 3.8) is 0 Å². The summed E-state index contributed by atoms with van der Waals surface area (Å²) in [4.78, 5) is 65.8. The molecule has 3 amide bonds. The molecular weight excluding hydrogens is 416 g/mol. The van der Waals surface area contributed by atoms with Gasteiger partial charge in [-0.15, -0.1) is 0 Å². The van der Waals surface area contributed by atoms with E-state index in [2.05, 4.69) is 12.2 Å². The Morgan fingerprint density at radius 1 is 1.22 bits per heavy atom. The van der Waals surface area contributed by atoms with E-state index in [1.165, 1.54) is 16.8 Å². The largest absolute Gasteiger partial charge is 0.464 e. The number of aldehydes is 1. The second-order valence-electron chi connectivity index (χ2n) is 9.02. The Hall–Kier alpha value is -2.49. The van der Waals surface area contributed by atoms with E-state index in [0.717, 1.165) is 13.0 Å². The van der Waals surface area contributed by atoms with Crippen LogP contribution in [-0.4, -0.2) is 103 Å². The second-order valence-corrected chi connectivity index (χ2v) is 9.02. The quantitative estimate of drug-likeness (QED) is 0.380. The predicted octanol–water partition coefficient (Wildman–Crippen LogP) is -0.199. The zero-order valence-electron chi connectivity index (χ0n) is 19.7. The van der Waals surface area contributed by atoms with Gasteiger partial charge in [0.25, 0.3) is 0 Å². The molecule has 0 aliphatic carbocycles. The summed E-state index contributed by atoms with van der Waals surface area (Å²) in [6.45, 7) is 6.48. The first-order valence-electron chi connectivity index (χ1n) is 11.3. The summed E-state index contributed by atoms with van der Waals surface area (Å²) in [6, 6.07) is -2.35. The highest BCUT2D eigenvalue weighted by atomic mass is 16.5. The number of likely N-dealkylation sites (tertiary alicyclic amines) is 2. The summed E-state index contributed by atoms with van der Waals surface area (Å²) in [5.74, 6) is -0.895. The molecule has 10 nitrogen and oxygen atoms in total. The van der Waals surface area contributed by atoms with Gasteiger partial charge in [0.05, 0.1) is 12.5 Å². The number of hydrogen-bond donors (Lipinski definition) is 1. The van der Waals surface area contributed by atoms with Gasteiger partial charge in [0.15, 0.2) is 0 Å². The highest BCUT2D eigenvalue weighted by Crippen LogP contribution is 2.23. The van der Waals surface area contributed by atoms with E-state index in [1.54, 1.807) is 13.8 Å². The number of rotatable bonds is 9. The van der Waals surface area contributed by atoms with Gasteiger partial charge < -0.3 is 24.6 Å². The van der Waals surface area contributed by atoms with Gasteiger partial charge in [0.2, 0.25) is 17.7 Å². The molecule has 5 atom stereocenters. The average Bonchev–Trinajstić information content (AvgIpc) is 3.37. The molecule has 32 heavy (non-hydrogen) atoms. The number of ether oxygens (including phenoxy) is 1. The lowest BCUT2D eigenvalue weighted by atomic mass is 10.1. The molecule has 2 aliphatic rings. The van der Waals surface area contributed by atoms with Crippen molar-refractivity contribution in [1.82, 2.24) is 20.0 Å². The molecule has 2 heterocycles. The van der Waals surface area contributed by atoms with Crippen molar-refractivity contribution in [2.24, 2.45) is 5.92 Å². The van der Waals surface area contributed by atoms with Gasteiger partial charge in [-0.05, 0) is 46.1 Å². The maximum atomic E-state index is 13.0. The smallest absolute Gasteiger partial charge is 0.323 e. The minimum absolute atomic E-state index is 0.0120. The summed E-state index contributed by atoms with van der Waals surface area (Å²) < 4.78 is 5.33. The monoisotopic (exact) mass is 452 g/mol. The van der Waals surface area contributed by atoms with Gasteiger partial charge in [-0.25, -0.2) is 0 Å². The van der Waals surface area contributed by atoms with Gasteiger partial charge in [0, 0.05) is 20.1 Å². The molecule has 0 aromatic rings. The first-order valence-corrected chi connectivity index (χ1v) is 11.3. The Morgan fingerprint density at radius 2 is 1.91 bits per heavy atom. The minimum Gasteiger partial charge on any atom is -0.464 e. The third-order valence-corrected chi connectivity index (χ3v) is 6.33. The molecule has 1 N–H and O–H groups in total. The number of nitrogens with zero attached hydrogens (tertiary/aromatic N) is 3. The molecule has 2 aliphatic heterocycles. The van der Waals surface area contributed by atoms with E-state index in [0.29, 0.717) is 31.6 Å². The molecule has 0 saturated carbocycles. The molecule has 0 aromatic heterocycles. The summed E-state index contributed by atoms with van der Waals surface area (Å²) in [7, 11) is 3.40. The predicted molar refractivity (Wildman–Crippen MR) is 116 cm³/mol. The number of carbonyl (C=O) groups excluding carboxylic acids is 5. The van der Waals surface area contributed by atoms with E-state index in [4.69, 9.17) is 4.74 Å². The second kappa shape index (κ2) is 11.4. The van der Waals surface area contributed by atoms with E-state index >= 15 is 0 Å². The van der Waals surface area contributed by atoms with Crippen LogP contribution in [0.5, 0.6) is 0 Å². The standard InChI is InChI=1S/C22H36N4O6/c1-14-11-18(24(4)12-14)22(31)32-10-8-19(28)26-9-6-7-17(26)21(30)25(5)16(3)20(29)23-15(2)13-27/h13-18H,6-12H2,1-5H3,(H,23,29). The molecule has 2 rings (SSSR count). The summed E-state index contributed by atoms with van der Waals surface area (Å²) >= 11 is 0. The molecule has 5 unspecified atom stereocenters. The normalized spacial score (nSPS) is 25.2. The van der Waals surface area contributed by atoms with Gasteiger partial charge in [-0.2, -0.15) is 0 Å². The van der Waals surface area contributed by atoms with Gasteiger partial charge in [-0.3, -0.25) is 24.1 Å². The van der Waals surface area contributed by atoms with E-state index < -0.39 is 24.0 Å². The molecule has 10 heteroatoms. The lowest BCUT2D eigenvalue weighted by Crippen LogP contribution is -2.53. The molecule has 0 spiro atoms. The van der Waals surface area contributed by atoms with Crippen LogP contribution in [0.15, 0.2) is 0 Å². The van der Waals surface area contributed by atoms with E-state index in [9.17, 15) is 24.0 Å². The fourth-order valence-corrected chi connectivity index (χ4v) is 4.31. The van der Waals surface area contributed by atoms with Crippen LogP contribution < -0.4 is 5.32 Å². The number of hydrogen-bond acceptors (Lipinski definition) is 7. The van der Waals surface area contributed by atoms with Crippen LogP contribution in [0, 0.1) is 5.92 Å². The Morgan fingerprint density at radius 3 is 2.50 bits per heavy atom. The lowest BCUT2D eigenvalue weighted by Gasteiger charge is -2.31. The van der Waals surface area contributed by atoms with Crippen molar-refractivity contribution in [1.29, 1.82) is 0 Å². The van der Waals surface area contributed by atoms with Crippen LogP contribution in [0.2, 0.25) is 0 Å². The van der Waals surface area contributed by atoms with Crippen molar-refractivity contribution >= 4 is 30.0 Å². The number of carbonyl (C=O) groups is 5. The third-order valence-electron chi connectivity index (χ3n) is 6.33. The number of amides is 3. The first-order chi connectivity index (χ1) is 15.1. The van der Waals surface area contributed by atoms with Crippen molar-refractivity contribution in [2.75, 3.05) is 33.8 Å². The van der Waals surface area contributed by atoms with Gasteiger partial charge >= 0.3 is 5.97 Å². The Kier molecular flexibility index (Phi) is 9.18. The van der Waals surface area contributed by atoms with Crippen molar-refractivity contribution in [3.05, 3.63) is 0 Å². The van der Waals surface area contributed by atoms with Gasteiger partial charge in [0.1, 0.15) is 31.0 Å². The van der Waals surface area contributed by atoms with Crippen LogP contribution in [0.4, 0.5) is 0 Å². The topological polar surface area (TPSA) is 116 Å². The third kappa shape index (κ3) is 6.27. The zero-order valence-corrected chi connectivity index (χ0v) is 19.7. The maximum Gasteiger partial charge on any atom is 0.323 e. The van der Waals surface area contributed by atoms with Crippen LogP contribution in [0.25, 0.3) is 0 Å². The molecule has 0 aromatic carbocycles. The van der Waals surface area contributed by atoms with Crippen molar-refractivity contribution < 1.29 is 28.7 Å². The summed E-state index contributed by atoms with van der Waals surface area (Å²) in [6.07, 6.45) is 2.57. The molecular formula is C22H36N4O6. The minimum atomic E-state index is -0.783. The fraction of sp³-hybridized carbons (Fsp3) is 0.773. The maximum absolute atomic E-state index is 13.0. The SMILES string of the molecule is CC1CC(C(=O)OCCC(=O)N2CCCC2C(=O)N(C)C(C)C(=O)NC(C)C=O)N(C)C1. The van der Waals surface area contributed by atoms with Crippen molar-refractivity contribution in [3.8, 4) is 0 Å². The van der Waals surface area contributed by atoms with Gasteiger partial charge in [-0.1, -0.05) is 6.92 Å². The van der Waals surface area contributed by atoms with Crippen LogP contribution in [0.3, 0.4) is 0 Å². The molecule has 0 radical (unpaired) electrons. The van der Waals surface area contributed by atoms with Crippen LogP contribution in [0.1, 0.15) is 46.5 Å². The molecule has 2 saturated heterocycles. The Balaban J connectivity index is 1.86. The lowest BCUT2D eigenvalue weighted by molar-refractivity contribution is -0.151. The van der Waals surface area contributed by atoms with Crippen LogP contribution in [-0.2, 0) is 28.7 Å². The number of likely N-dealkylation sites (N-methyl/N-ethyl adjacent to an activating group) is 2. The first kappa shape index (κ1) is 25.8. The summed E-state index contributed by atoms with van der Waals surface area (Å²) in [5, 5.41) is 2.52. The Labute approximate surface area is 189 Å².